The van der Waals surface area contributed by atoms with E-state index < -0.39 is 29.9 Å². The van der Waals surface area contributed by atoms with E-state index >= 15 is 0 Å². The number of nitrogens with zero attached hydrogens (tertiary/aromatic N) is 1. The average molecular weight is 319 g/mol. The summed E-state index contributed by atoms with van der Waals surface area (Å²) >= 11 is 3.11. The second kappa shape index (κ2) is 5.61. The molecule has 1 aliphatic rings. The molecule has 0 radical (unpaired) electrons. The Balaban J connectivity index is 2.35. The van der Waals surface area contributed by atoms with Gasteiger partial charge >= 0.3 is 5.69 Å². The molecule has 0 amide bonds. The van der Waals surface area contributed by atoms with Gasteiger partial charge in [-0.15, -0.1) is 0 Å². The minimum Gasteiger partial charge on any atom is -0.391 e. The van der Waals surface area contributed by atoms with E-state index in [1.54, 1.807) is 11.1 Å². The van der Waals surface area contributed by atoms with Crippen molar-refractivity contribution in [1.29, 1.82) is 0 Å². The molecule has 7 nitrogen and oxygen atoms in total. The van der Waals surface area contributed by atoms with Crippen LogP contribution in [0.1, 0.15) is 6.23 Å². The molecule has 0 aliphatic carbocycles. The fourth-order valence-corrected chi connectivity index (χ4v) is 1.96. The molecule has 1 aliphatic heterocycles. The van der Waals surface area contributed by atoms with Crippen LogP contribution in [-0.2, 0) is 9.47 Å². The predicted octanol–water partition coefficient (Wildman–Crippen LogP) is -0.322. The van der Waals surface area contributed by atoms with Gasteiger partial charge in [-0.05, 0) is 11.1 Å². The van der Waals surface area contributed by atoms with Crippen molar-refractivity contribution >= 4 is 15.9 Å². The molecule has 0 spiro atoms. The summed E-state index contributed by atoms with van der Waals surface area (Å²) in [6.45, 7) is -0.318. The summed E-state index contributed by atoms with van der Waals surface area (Å²) in [5, 5.41) is 9.00. The zero-order valence-electron chi connectivity index (χ0n) is 9.15. The van der Waals surface area contributed by atoms with Gasteiger partial charge in [-0.3, -0.25) is 14.3 Å². The summed E-state index contributed by atoms with van der Waals surface area (Å²) in [5.74, 6) is 0. The number of aliphatic hydroxyl groups is 1. The highest BCUT2D eigenvalue weighted by Crippen LogP contribution is 2.27. The molecule has 3 unspecified atom stereocenters. The van der Waals surface area contributed by atoms with Crippen LogP contribution in [0, 0.1) is 0 Å². The van der Waals surface area contributed by atoms with E-state index in [0.29, 0.717) is 0 Å². The lowest BCUT2D eigenvalue weighted by molar-refractivity contribution is -0.101. The van der Waals surface area contributed by atoms with Crippen LogP contribution in [0.2, 0.25) is 0 Å². The molecule has 0 bridgehead atoms. The number of aromatic nitrogens is 2. The van der Waals surface area contributed by atoms with Crippen molar-refractivity contribution in [3.63, 3.8) is 0 Å². The van der Waals surface area contributed by atoms with Gasteiger partial charge < -0.3 is 14.6 Å². The smallest absolute Gasteiger partial charge is 0.330 e. The minimum absolute atomic E-state index is 0.318. The number of rotatable bonds is 3. The van der Waals surface area contributed by atoms with Gasteiger partial charge in [0.2, 0.25) is 0 Å². The van der Waals surface area contributed by atoms with Gasteiger partial charge in [0.05, 0.1) is 6.61 Å². The second-order valence-corrected chi connectivity index (χ2v) is 4.10. The molecule has 2 rings (SSSR count). The van der Waals surface area contributed by atoms with Crippen LogP contribution in [0.4, 0.5) is 0 Å². The van der Waals surface area contributed by atoms with E-state index in [1.165, 1.54) is 16.8 Å². The molecule has 2 heterocycles. The molecule has 3 atom stereocenters. The van der Waals surface area contributed by atoms with Gasteiger partial charge in [-0.25, -0.2) is 4.79 Å². The Morgan fingerprint density at radius 1 is 1.50 bits per heavy atom. The largest absolute Gasteiger partial charge is 0.391 e. The summed E-state index contributed by atoms with van der Waals surface area (Å²) in [7, 11) is 0. The first-order chi connectivity index (χ1) is 8.65. The van der Waals surface area contributed by atoms with E-state index in [1.807, 2.05) is 0 Å². The molecule has 1 aromatic rings. The van der Waals surface area contributed by atoms with E-state index in [0.717, 1.165) is 0 Å². The van der Waals surface area contributed by atoms with Crippen LogP contribution in [-0.4, -0.2) is 33.7 Å². The molecular formula is C10H11BrN2O5. The van der Waals surface area contributed by atoms with Gasteiger partial charge in [0.15, 0.2) is 12.5 Å². The Morgan fingerprint density at radius 2 is 2.28 bits per heavy atom. The number of ether oxygens (including phenoxy) is 2. The molecule has 1 aromatic heterocycles. The maximum Gasteiger partial charge on any atom is 0.330 e. The van der Waals surface area contributed by atoms with Gasteiger partial charge in [-0.2, -0.15) is 0 Å². The number of halogens is 1. The molecule has 1 saturated heterocycles. The summed E-state index contributed by atoms with van der Waals surface area (Å²) in [6, 6.07) is 1.21. The monoisotopic (exact) mass is 318 g/mol. The average Bonchev–Trinajstić information content (AvgIpc) is 2.73. The SMILES string of the molecule is O=c1ccn(C2OC(CO)OC2/C=C/Br)c(=O)[nH]1. The summed E-state index contributed by atoms with van der Waals surface area (Å²) < 4.78 is 11.9. The van der Waals surface area contributed by atoms with Crippen molar-refractivity contribution in [2.75, 3.05) is 6.61 Å². The summed E-state index contributed by atoms with van der Waals surface area (Å²) in [6.07, 6.45) is 0.884. The number of hydrogen-bond donors (Lipinski definition) is 2. The topological polar surface area (TPSA) is 93.5 Å². The highest BCUT2D eigenvalue weighted by Gasteiger charge is 2.35. The quantitative estimate of drug-likeness (QED) is 0.796. The molecule has 0 aromatic carbocycles. The van der Waals surface area contributed by atoms with Crippen LogP contribution in [0.5, 0.6) is 0 Å². The predicted molar refractivity (Wildman–Crippen MR) is 65.3 cm³/mol. The highest BCUT2D eigenvalue weighted by atomic mass is 79.9. The Morgan fingerprint density at radius 3 is 2.89 bits per heavy atom. The molecule has 98 valence electrons. The number of H-pyrrole nitrogens is 1. The maximum absolute atomic E-state index is 11.6. The lowest BCUT2D eigenvalue weighted by Crippen LogP contribution is -2.34. The standard InChI is InChI=1S/C10H11BrN2O5/c11-3-1-6-9(18-8(5-14)17-6)13-4-2-7(15)12-10(13)16/h1-4,6,8-9,14H,5H2,(H,12,15,16)/b3-1+. The third kappa shape index (κ3) is 2.61. The molecule has 2 N–H and O–H groups in total. The fourth-order valence-electron chi connectivity index (χ4n) is 1.66. The van der Waals surface area contributed by atoms with Crippen molar-refractivity contribution in [1.82, 2.24) is 9.55 Å². The Hall–Kier alpha value is -1.22. The van der Waals surface area contributed by atoms with E-state index in [-0.39, 0.29) is 6.61 Å². The van der Waals surface area contributed by atoms with E-state index in [2.05, 4.69) is 20.9 Å². The lowest BCUT2D eigenvalue weighted by atomic mass is 10.3. The normalized spacial score (nSPS) is 28.0. The van der Waals surface area contributed by atoms with Crippen molar-refractivity contribution in [3.05, 3.63) is 44.2 Å². The van der Waals surface area contributed by atoms with Crippen molar-refractivity contribution < 1.29 is 14.6 Å². The summed E-state index contributed by atoms with van der Waals surface area (Å²) in [5.41, 5.74) is -1.08. The first kappa shape index (κ1) is 13.2. The maximum atomic E-state index is 11.6. The first-order valence-corrected chi connectivity index (χ1v) is 6.07. The van der Waals surface area contributed by atoms with Crippen LogP contribution < -0.4 is 11.2 Å². The van der Waals surface area contributed by atoms with Gasteiger partial charge in [0.25, 0.3) is 5.56 Å². The summed E-state index contributed by atoms with van der Waals surface area (Å²) in [4.78, 5) is 26.3. The first-order valence-electron chi connectivity index (χ1n) is 5.16. The number of aromatic amines is 1. The zero-order chi connectivity index (χ0) is 13.1. The zero-order valence-corrected chi connectivity index (χ0v) is 10.7. The van der Waals surface area contributed by atoms with Crippen LogP contribution in [0.25, 0.3) is 0 Å². The minimum atomic E-state index is -0.803. The lowest BCUT2D eigenvalue weighted by Gasteiger charge is -2.15. The molecule has 1 fully saturated rings. The number of nitrogens with one attached hydrogen (secondary N) is 1. The van der Waals surface area contributed by atoms with E-state index in [9.17, 15) is 9.59 Å². The van der Waals surface area contributed by atoms with Gasteiger partial charge in [0.1, 0.15) is 6.10 Å². The third-order valence-corrected chi connectivity index (χ3v) is 2.72. The molecule has 18 heavy (non-hydrogen) atoms. The fraction of sp³-hybridized carbons (Fsp3) is 0.400. The molecule has 0 saturated carbocycles. The van der Waals surface area contributed by atoms with Crippen molar-refractivity contribution in [3.8, 4) is 0 Å². The van der Waals surface area contributed by atoms with Gasteiger partial charge in [0, 0.05) is 12.3 Å². The highest BCUT2D eigenvalue weighted by molar-refractivity contribution is 9.11. The number of aliphatic hydroxyl groups excluding tert-OH is 1. The number of hydrogen-bond acceptors (Lipinski definition) is 5. The van der Waals surface area contributed by atoms with Crippen LogP contribution in [0.3, 0.4) is 0 Å². The van der Waals surface area contributed by atoms with Crippen LogP contribution in [0.15, 0.2) is 32.9 Å². The molecule has 8 heteroatoms. The van der Waals surface area contributed by atoms with Crippen molar-refractivity contribution in [2.24, 2.45) is 0 Å². The Bertz CT molecular complexity index is 552. The second-order valence-electron chi connectivity index (χ2n) is 3.58. The Kier molecular flexibility index (Phi) is 4.12. The van der Waals surface area contributed by atoms with E-state index in [4.69, 9.17) is 14.6 Å². The molecular weight excluding hydrogens is 308 g/mol. The Labute approximate surface area is 110 Å². The van der Waals surface area contributed by atoms with Crippen LogP contribution >= 0.6 is 15.9 Å². The van der Waals surface area contributed by atoms with Gasteiger partial charge in [-0.1, -0.05) is 15.9 Å². The van der Waals surface area contributed by atoms with Crippen molar-refractivity contribution in [2.45, 2.75) is 18.6 Å². The third-order valence-electron chi connectivity index (χ3n) is 2.42.